The largest absolute Gasteiger partial charge is 0.340 e. The van der Waals surface area contributed by atoms with Gasteiger partial charge in [0, 0.05) is 51.2 Å². The van der Waals surface area contributed by atoms with Gasteiger partial charge in [-0.3, -0.25) is 14.7 Å². The summed E-state index contributed by atoms with van der Waals surface area (Å²) in [7, 11) is 0. The van der Waals surface area contributed by atoms with Crippen molar-refractivity contribution in [2.24, 2.45) is 0 Å². The average molecular weight is 311 g/mol. The van der Waals surface area contributed by atoms with Crippen molar-refractivity contribution >= 4 is 18.3 Å². The van der Waals surface area contributed by atoms with Crippen molar-refractivity contribution in [3.05, 3.63) is 30.1 Å². The predicted molar refractivity (Wildman–Crippen MR) is 84.6 cm³/mol. The maximum absolute atomic E-state index is 12.3. The minimum atomic E-state index is 0. The van der Waals surface area contributed by atoms with Gasteiger partial charge in [-0.1, -0.05) is 6.07 Å². The predicted octanol–water partition coefficient (Wildman–Crippen LogP) is 0.552. The number of carbonyl (C=O) groups is 1. The van der Waals surface area contributed by atoms with Crippen LogP contribution in [0.15, 0.2) is 24.5 Å². The van der Waals surface area contributed by atoms with Crippen LogP contribution in [0.1, 0.15) is 12.0 Å². The van der Waals surface area contributed by atoms with Crippen LogP contribution in [0.5, 0.6) is 0 Å². The van der Waals surface area contributed by atoms with E-state index in [1.165, 1.54) is 6.42 Å². The number of rotatable bonds is 3. The van der Waals surface area contributed by atoms with E-state index >= 15 is 0 Å². The van der Waals surface area contributed by atoms with Gasteiger partial charge in [0.2, 0.25) is 5.91 Å². The molecule has 1 aromatic heterocycles. The highest BCUT2D eigenvalue weighted by Crippen LogP contribution is 2.12. The smallest absolute Gasteiger partial charge is 0.227 e. The molecule has 5 nitrogen and oxygen atoms in total. The third-order valence-corrected chi connectivity index (χ3v) is 4.30. The Labute approximate surface area is 132 Å². The van der Waals surface area contributed by atoms with Crippen LogP contribution in [0.25, 0.3) is 0 Å². The Balaban J connectivity index is 0.00000161. The normalized spacial score (nSPS) is 22.9. The molecule has 0 spiro atoms. The first kappa shape index (κ1) is 16.2. The molecule has 0 aliphatic carbocycles. The fourth-order valence-corrected chi connectivity index (χ4v) is 3.08. The van der Waals surface area contributed by atoms with Crippen LogP contribution in [0.3, 0.4) is 0 Å². The molecule has 3 heterocycles. The van der Waals surface area contributed by atoms with Gasteiger partial charge in [0.25, 0.3) is 0 Å². The summed E-state index contributed by atoms with van der Waals surface area (Å²) in [6.45, 7) is 5.95. The molecule has 0 saturated carbocycles. The lowest BCUT2D eigenvalue weighted by Crippen LogP contribution is -2.52. The minimum Gasteiger partial charge on any atom is -0.340 e. The van der Waals surface area contributed by atoms with Gasteiger partial charge >= 0.3 is 0 Å². The lowest BCUT2D eigenvalue weighted by Gasteiger charge is -2.37. The number of nitrogens with one attached hydrogen (secondary N) is 1. The van der Waals surface area contributed by atoms with Crippen molar-refractivity contribution in [3.63, 3.8) is 0 Å². The fourth-order valence-electron chi connectivity index (χ4n) is 3.08. The van der Waals surface area contributed by atoms with E-state index in [2.05, 4.69) is 15.2 Å². The Morgan fingerprint density at radius 3 is 2.76 bits per heavy atom. The van der Waals surface area contributed by atoms with E-state index in [0.29, 0.717) is 12.5 Å². The first-order chi connectivity index (χ1) is 9.83. The van der Waals surface area contributed by atoms with E-state index in [4.69, 9.17) is 0 Å². The summed E-state index contributed by atoms with van der Waals surface area (Å²) in [5.74, 6) is 0.224. The lowest BCUT2D eigenvalue weighted by molar-refractivity contribution is -0.132. The number of hydrogen-bond donors (Lipinski definition) is 1. The van der Waals surface area contributed by atoms with Gasteiger partial charge in [0.1, 0.15) is 0 Å². The number of piperazine rings is 1. The van der Waals surface area contributed by atoms with Gasteiger partial charge in [-0.25, -0.2) is 0 Å². The molecule has 2 saturated heterocycles. The van der Waals surface area contributed by atoms with Crippen LogP contribution in [0.2, 0.25) is 0 Å². The van der Waals surface area contributed by atoms with Gasteiger partial charge in [-0.2, -0.15) is 0 Å². The second kappa shape index (κ2) is 7.73. The summed E-state index contributed by atoms with van der Waals surface area (Å²) < 4.78 is 0. The van der Waals surface area contributed by atoms with Crippen LogP contribution < -0.4 is 5.32 Å². The molecular weight excluding hydrogens is 288 g/mol. The molecule has 2 aliphatic heterocycles. The highest BCUT2D eigenvalue weighted by atomic mass is 35.5. The van der Waals surface area contributed by atoms with Gasteiger partial charge in [0.05, 0.1) is 6.42 Å². The molecule has 116 valence electrons. The molecule has 1 atom stereocenters. The zero-order chi connectivity index (χ0) is 13.8. The standard InChI is InChI=1S/C15H22N4O.ClH/c20-15(10-13-2-1-4-16-11-13)19-8-6-18(7-9-19)14-3-5-17-12-14;/h1-2,4,11,14,17H,3,5-10,12H2;1H. The highest BCUT2D eigenvalue weighted by molar-refractivity contribution is 5.85. The van der Waals surface area contributed by atoms with Crippen molar-refractivity contribution in [2.75, 3.05) is 39.3 Å². The number of aromatic nitrogens is 1. The Morgan fingerprint density at radius 1 is 1.33 bits per heavy atom. The zero-order valence-corrected chi connectivity index (χ0v) is 13.0. The third kappa shape index (κ3) is 4.15. The lowest BCUT2D eigenvalue weighted by atomic mass is 10.1. The van der Waals surface area contributed by atoms with Crippen LogP contribution in [-0.2, 0) is 11.2 Å². The van der Waals surface area contributed by atoms with Crippen LogP contribution >= 0.6 is 12.4 Å². The maximum atomic E-state index is 12.3. The highest BCUT2D eigenvalue weighted by Gasteiger charge is 2.27. The molecule has 0 bridgehead atoms. The third-order valence-electron chi connectivity index (χ3n) is 4.30. The molecule has 6 heteroatoms. The summed E-state index contributed by atoms with van der Waals surface area (Å²) >= 11 is 0. The van der Waals surface area contributed by atoms with Crippen molar-refractivity contribution < 1.29 is 4.79 Å². The minimum absolute atomic E-state index is 0. The Bertz CT molecular complexity index is 442. The topological polar surface area (TPSA) is 48.5 Å². The van der Waals surface area contributed by atoms with Gasteiger partial charge in [0.15, 0.2) is 0 Å². The first-order valence-corrected chi connectivity index (χ1v) is 7.44. The zero-order valence-electron chi connectivity index (χ0n) is 12.2. The van der Waals surface area contributed by atoms with Crippen LogP contribution in [0.4, 0.5) is 0 Å². The van der Waals surface area contributed by atoms with Gasteiger partial charge in [-0.05, 0) is 24.6 Å². The number of halogens is 1. The second-order valence-electron chi connectivity index (χ2n) is 5.60. The van der Waals surface area contributed by atoms with E-state index in [1.807, 2.05) is 17.0 Å². The molecule has 1 aromatic rings. The van der Waals surface area contributed by atoms with E-state index in [0.717, 1.165) is 44.8 Å². The Kier molecular flexibility index (Phi) is 5.96. The van der Waals surface area contributed by atoms with E-state index in [1.54, 1.807) is 12.4 Å². The number of pyridine rings is 1. The molecule has 0 radical (unpaired) electrons. The quantitative estimate of drug-likeness (QED) is 0.886. The monoisotopic (exact) mass is 310 g/mol. The molecule has 1 N–H and O–H groups in total. The number of amides is 1. The molecule has 21 heavy (non-hydrogen) atoms. The average Bonchev–Trinajstić information content (AvgIpc) is 3.03. The summed E-state index contributed by atoms with van der Waals surface area (Å²) in [6.07, 6.45) is 5.23. The molecule has 1 amide bonds. The Morgan fingerprint density at radius 2 is 2.14 bits per heavy atom. The van der Waals surface area contributed by atoms with Crippen molar-refractivity contribution in [2.45, 2.75) is 18.9 Å². The second-order valence-corrected chi connectivity index (χ2v) is 5.60. The summed E-state index contributed by atoms with van der Waals surface area (Å²) in [4.78, 5) is 20.8. The Hall–Kier alpha value is -1.17. The molecule has 0 aromatic carbocycles. The van der Waals surface area contributed by atoms with E-state index < -0.39 is 0 Å². The van der Waals surface area contributed by atoms with E-state index in [9.17, 15) is 4.79 Å². The molecule has 1 unspecified atom stereocenters. The number of carbonyl (C=O) groups excluding carboxylic acids is 1. The molecule has 2 aliphatic rings. The molecule has 2 fully saturated rings. The van der Waals surface area contributed by atoms with Crippen molar-refractivity contribution in [1.29, 1.82) is 0 Å². The number of hydrogen-bond acceptors (Lipinski definition) is 4. The van der Waals surface area contributed by atoms with Gasteiger partial charge < -0.3 is 10.2 Å². The van der Waals surface area contributed by atoms with Crippen LogP contribution in [-0.4, -0.2) is 66.0 Å². The summed E-state index contributed by atoms with van der Waals surface area (Å²) in [6, 6.07) is 4.52. The van der Waals surface area contributed by atoms with Gasteiger partial charge in [-0.15, -0.1) is 12.4 Å². The maximum Gasteiger partial charge on any atom is 0.227 e. The number of nitrogens with zero attached hydrogens (tertiary/aromatic N) is 3. The first-order valence-electron chi connectivity index (χ1n) is 7.44. The molecule has 3 rings (SSSR count). The fraction of sp³-hybridized carbons (Fsp3) is 0.600. The van der Waals surface area contributed by atoms with Crippen LogP contribution in [0, 0.1) is 0 Å². The SMILES string of the molecule is Cl.O=C(Cc1cccnc1)N1CCN(C2CCNC2)CC1. The summed E-state index contributed by atoms with van der Waals surface area (Å²) in [5.41, 5.74) is 1.000. The van der Waals surface area contributed by atoms with Crippen molar-refractivity contribution in [3.8, 4) is 0 Å². The molecular formula is C15H23ClN4O. The van der Waals surface area contributed by atoms with Crippen molar-refractivity contribution in [1.82, 2.24) is 20.1 Å². The van der Waals surface area contributed by atoms with E-state index in [-0.39, 0.29) is 18.3 Å². The summed E-state index contributed by atoms with van der Waals surface area (Å²) in [5, 5.41) is 3.41.